The maximum Gasteiger partial charge on any atom is 0.295 e. The van der Waals surface area contributed by atoms with E-state index < -0.39 is 11.9 Å². The number of phenolic OH excluding ortho intramolecular Hbond substituents is 2. The van der Waals surface area contributed by atoms with Gasteiger partial charge >= 0.3 is 0 Å². The molecule has 11 heteroatoms. The molecule has 1 radical (unpaired) electrons. The predicted octanol–water partition coefficient (Wildman–Crippen LogP) is 5.00. The van der Waals surface area contributed by atoms with Crippen molar-refractivity contribution in [1.29, 1.82) is 0 Å². The molecular formula is C28H26CoN2O8. The fraction of sp³-hybridized carbons (Fsp3) is 0.143. The molecule has 0 aliphatic heterocycles. The van der Waals surface area contributed by atoms with Crippen molar-refractivity contribution in [2.24, 2.45) is 9.98 Å². The van der Waals surface area contributed by atoms with E-state index in [1.165, 1.54) is 36.4 Å². The summed E-state index contributed by atoms with van der Waals surface area (Å²) in [6.45, 7) is 6.37. The molecule has 0 aliphatic carbocycles. The molecule has 2 heterocycles. The van der Waals surface area contributed by atoms with Crippen LogP contribution in [0.1, 0.15) is 36.5 Å². The molecule has 0 saturated heterocycles. The number of aliphatic imine (C=N–C) groups is 2. The maximum absolute atomic E-state index is 11.8. The SMILES string of the molecule is CC(=Nc1ccc(O)cc1)c1c(O)oc(C)cc1=O.CC(=Nc1ccc(O)cc1)c1c(O)oc(C)cc1=O.[Co]. The van der Waals surface area contributed by atoms with E-state index in [0.717, 1.165) is 0 Å². The number of hydrogen-bond donors (Lipinski definition) is 4. The van der Waals surface area contributed by atoms with Crippen molar-refractivity contribution < 1.29 is 46.0 Å². The number of benzene rings is 2. The van der Waals surface area contributed by atoms with Gasteiger partial charge in [0.2, 0.25) is 0 Å². The van der Waals surface area contributed by atoms with Crippen molar-refractivity contribution in [3.05, 3.63) is 104 Å². The molecule has 2 aromatic carbocycles. The van der Waals surface area contributed by atoms with Gasteiger partial charge in [0.25, 0.3) is 11.9 Å². The minimum atomic E-state index is -0.440. The van der Waals surface area contributed by atoms with E-state index in [4.69, 9.17) is 8.83 Å². The molecule has 0 atom stereocenters. The van der Waals surface area contributed by atoms with Crippen LogP contribution in [0.3, 0.4) is 0 Å². The zero-order chi connectivity index (χ0) is 28.0. The van der Waals surface area contributed by atoms with Gasteiger partial charge in [-0.25, -0.2) is 0 Å². The zero-order valence-corrected chi connectivity index (χ0v) is 22.5. The van der Waals surface area contributed by atoms with Gasteiger partial charge in [0, 0.05) is 28.9 Å². The number of phenols is 2. The first-order valence-electron chi connectivity index (χ1n) is 11.3. The summed E-state index contributed by atoms with van der Waals surface area (Å²) in [5.74, 6) is 0.0611. The Bertz CT molecular complexity index is 1500. The first-order valence-corrected chi connectivity index (χ1v) is 11.3. The summed E-state index contributed by atoms with van der Waals surface area (Å²) in [7, 11) is 0. The van der Waals surface area contributed by atoms with Crippen molar-refractivity contribution in [3.63, 3.8) is 0 Å². The fourth-order valence-corrected chi connectivity index (χ4v) is 3.41. The first kappa shape index (κ1) is 30.6. The Morgan fingerprint density at radius 3 is 1.21 bits per heavy atom. The summed E-state index contributed by atoms with van der Waals surface area (Å²) >= 11 is 0. The van der Waals surface area contributed by atoms with Crippen LogP contribution in [-0.2, 0) is 16.8 Å². The average Bonchev–Trinajstić information content (AvgIpc) is 2.81. The largest absolute Gasteiger partial charge is 0.508 e. The molecule has 0 fully saturated rings. The van der Waals surface area contributed by atoms with Crippen LogP contribution in [0.15, 0.2) is 89.1 Å². The van der Waals surface area contributed by atoms with Crippen molar-refractivity contribution in [2.45, 2.75) is 27.7 Å². The Morgan fingerprint density at radius 2 is 0.923 bits per heavy atom. The smallest absolute Gasteiger partial charge is 0.295 e. The van der Waals surface area contributed by atoms with Crippen LogP contribution in [0, 0.1) is 13.8 Å². The third kappa shape index (κ3) is 8.19. The van der Waals surface area contributed by atoms with Crippen molar-refractivity contribution in [2.75, 3.05) is 0 Å². The second kappa shape index (κ2) is 13.3. The van der Waals surface area contributed by atoms with Gasteiger partial charge < -0.3 is 29.3 Å². The van der Waals surface area contributed by atoms with Gasteiger partial charge in [-0.15, -0.1) is 0 Å². The van der Waals surface area contributed by atoms with Gasteiger partial charge in [-0.3, -0.25) is 19.6 Å². The molecule has 2 aromatic heterocycles. The second-order valence-corrected chi connectivity index (χ2v) is 8.23. The molecule has 0 amide bonds. The van der Waals surface area contributed by atoms with E-state index in [2.05, 4.69) is 9.98 Å². The maximum atomic E-state index is 11.8. The van der Waals surface area contributed by atoms with Crippen LogP contribution >= 0.6 is 0 Å². The fourth-order valence-electron chi connectivity index (χ4n) is 3.41. The summed E-state index contributed by atoms with van der Waals surface area (Å²) < 4.78 is 10.0. The molecule has 10 nitrogen and oxygen atoms in total. The standard InChI is InChI=1S/2C14H13NO4.Co/c2*1-8-7-12(17)13(14(18)19-8)9(2)15-10-3-5-11(16)6-4-10;/h2*3-7,16,18H,1-2H3;. The summed E-state index contributed by atoms with van der Waals surface area (Å²) in [4.78, 5) is 32.0. The van der Waals surface area contributed by atoms with Crippen molar-refractivity contribution in [1.82, 2.24) is 0 Å². The molecular weight excluding hydrogens is 551 g/mol. The third-order valence-corrected chi connectivity index (χ3v) is 5.12. The summed E-state index contributed by atoms with van der Waals surface area (Å²) in [5, 5.41) is 37.7. The van der Waals surface area contributed by atoms with Crippen LogP contribution in [-0.4, -0.2) is 31.8 Å². The number of hydrogen-bond acceptors (Lipinski definition) is 10. The van der Waals surface area contributed by atoms with E-state index in [-0.39, 0.29) is 50.3 Å². The van der Waals surface area contributed by atoms with Crippen molar-refractivity contribution in [3.8, 4) is 23.4 Å². The Hall–Kier alpha value is -4.61. The minimum Gasteiger partial charge on any atom is -0.508 e. The van der Waals surface area contributed by atoms with Crippen LogP contribution in [0.25, 0.3) is 0 Å². The summed E-state index contributed by atoms with van der Waals surface area (Å²) in [6, 6.07) is 15.0. The minimum absolute atomic E-state index is 0. The van der Waals surface area contributed by atoms with Crippen molar-refractivity contribution >= 4 is 22.8 Å². The monoisotopic (exact) mass is 577 g/mol. The molecule has 205 valence electrons. The number of nitrogens with zero attached hydrogens (tertiary/aromatic N) is 2. The van der Waals surface area contributed by atoms with Gasteiger partial charge in [0.05, 0.1) is 22.8 Å². The van der Waals surface area contributed by atoms with Crippen LogP contribution < -0.4 is 10.9 Å². The molecule has 0 aliphatic rings. The van der Waals surface area contributed by atoms with E-state index in [1.54, 1.807) is 52.0 Å². The van der Waals surface area contributed by atoms with E-state index >= 15 is 0 Å². The van der Waals surface area contributed by atoms with Gasteiger partial charge in [-0.05, 0) is 76.2 Å². The van der Waals surface area contributed by atoms with Crippen LogP contribution in [0.4, 0.5) is 11.4 Å². The Morgan fingerprint density at radius 1 is 0.615 bits per heavy atom. The van der Waals surface area contributed by atoms with Gasteiger partial charge in [0.1, 0.15) is 34.1 Å². The normalized spacial score (nSPS) is 11.3. The molecule has 39 heavy (non-hydrogen) atoms. The summed E-state index contributed by atoms with van der Waals surface area (Å²) in [5.41, 5.74) is 1.21. The van der Waals surface area contributed by atoms with Crippen LogP contribution in [0.5, 0.6) is 23.4 Å². The van der Waals surface area contributed by atoms with E-state index in [1.807, 2.05) is 0 Å². The average molecular weight is 577 g/mol. The molecule has 0 unspecified atom stereocenters. The number of rotatable bonds is 4. The third-order valence-electron chi connectivity index (χ3n) is 5.12. The molecule has 0 saturated carbocycles. The number of aromatic hydroxyl groups is 4. The predicted molar refractivity (Wildman–Crippen MR) is 143 cm³/mol. The second-order valence-electron chi connectivity index (χ2n) is 8.23. The van der Waals surface area contributed by atoms with Gasteiger partial charge in [0.15, 0.2) is 10.9 Å². The molecule has 4 aromatic rings. The Labute approximate surface area is 233 Å². The van der Waals surface area contributed by atoms with E-state index in [0.29, 0.717) is 34.3 Å². The molecule has 4 rings (SSSR count). The van der Waals surface area contributed by atoms with Crippen LogP contribution in [0.2, 0.25) is 0 Å². The quantitative estimate of drug-likeness (QED) is 0.246. The Balaban J connectivity index is 0.000000267. The topological polar surface area (TPSA) is 166 Å². The van der Waals surface area contributed by atoms with Gasteiger partial charge in [-0.2, -0.15) is 0 Å². The van der Waals surface area contributed by atoms with E-state index in [9.17, 15) is 30.0 Å². The first-order chi connectivity index (χ1) is 17.9. The number of aryl methyl sites for hydroxylation is 2. The van der Waals surface area contributed by atoms with Gasteiger partial charge in [-0.1, -0.05) is 0 Å². The molecule has 0 bridgehead atoms. The molecule has 4 N–H and O–H groups in total. The Kier molecular flexibility index (Phi) is 10.4. The summed E-state index contributed by atoms with van der Waals surface area (Å²) in [6.07, 6.45) is 0. The molecule has 0 spiro atoms. The zero-order valence-electron chi connectivity index (χ0n) is 21.4.